The van der Waals surface area contributed by atoms with E-state index < -0.39 is 34.6 Å². The number of fused-ring (bicyclic) bond motifs is 2. The molecule has 0 saturated heterocycles. The third kappa shape index (κ3) is 2.58. The number of pyridine rings is 1. The summed E-state index contributed by atoms with van der Waals surface area (Å²) in [5, 5.41) is 12.8. The van der Waals surface area contributed by atoms with Gasteiger partial charge in [0.2, 0.25) is 5.43 Å². The number of hydrogen-bond donors (Lipinski definition) is 2. The fourth-order valence-electron chi connectivity index (χ4n) is 4.58. The maximum atomic E-state index is 13.8. The molecule has 1 aromatic carbocycles. The van der Waals surface area contributed by atoms with Crippen molar-refractivity contribution in [3.8, 4) is 5.75 Å². The molecule has 1 saturated carbocycles. The van der Waals surface area contributed by atoms with Crippen LogP contribution >= 0.6 is 0 Å². The number of nitrogens with zero attached hydrogens (tertiary/aromatic N) is 2. The Balaban J connectivity index is 1.45. The van der Waals surface area contributed by atoms with E-state index in [0.29, 0.717) is 19.2 Å². The Labute approximate surface area is 169 Å². The summed E-state index contributed by atoms with van der Waals surface area (Å²) < 4.78 is 28.3. The van der Waals surface area contributed by atoms with Gasteiger partial charge in [0.15, 0.2) is 11.4 Å². The lowest BCUT2D eigenvalue weighted by Crippen LogP contribution is -2.65. The molecule has 2 aromatic rings. The minimum atomic E-state index is -0.968. The number of carbonyl (C=O) groups excluding carboxylic acids is 2. The van der Waals surface area contributed by atoms with Crippen LogP contribution in [0.3, 0.4) is 0 Å². The van der Waals surface area contributed by atoms with Crippen LogP contribution in [0.15, 0.2) is 40.8 Å². The van der Waals surface area contributed by atoms with Crippen LogP contribution in [-0.2, 0) is 13.1 Å². The van der Waals surface area contributed by atoms with Crippen molar-refractivity contribution in [2.45, 2.75) is 31.5 Å². The van der Waals surface area contributed by atoms with Crippen LogP contribution in [0.4, 0.5) is 8.78 Å². The molecule has 30 heavy (non-hydrogen) atoms. The standard InChI is InChI=1S/C21H17F2N3O4/c22-13-2-1-12(15(23)5-13)8-24-19(29)14-9-25-10-21-6-11(7-21)3-4-26(21)20(30)16(25)18(28)17(14)27/h1-3,5,9,28H,4,6-8,10H2,(H,24,29). The molecule has 2 bridgehead atoms. The summed E-state index contributed by atoms with van der Waals surface area (Å²) in [6, 6.07) is 2.95. The molecule has 1 fully saturated rings. The minimum absolute atomic E-state index is 0.0488. The van der Waals surface area contributed by atoms with E-state index in [9.17, 15) is 28.3 Å². The average Bonchev–Trinajstić information content (AvgIpc) is 2.69. The topological polar surface area (TPSA) is 91.6 Å². The maximum absolute atomic E-state index is 13.8. The number of hydrogen-bond acceptors (Lipinski definition) is 4. The van der Waals surface area contributed by atoms with E-state index in [1.807, 2.05) is 6.08 Å². The molecule has 3 aliphatic heterocycles. The third-order valence-corrected chi connectivity index (χ3v) is 6.12. The number of benzene rings is 1. The van der Waals surface area contributed by atoms with Crippen LogP contribution in [0.25, 0.3) is 0 Å². The fraction of sp³-hybridized carbons (Fsp3) is 0.286. The molecule has 6 rings (SSSR count). The van der Waals surface area contributed by atoms with Gasteiger partial charge in [0.05, 0.1) is 5.54 Å². The summed E-state index contributed by atoms with van der Waals surface area (Å²) in [7, 11) is 0. The average molecular weight is 413 g/mol. The summed E-state index contributed by atoms with van der Waals surface area (Å²) in [5.74, 6) is -3.60. The molecule has 0 radical (unpaired) electrons. The normalized spacial score (nSPS) is 18.1. The zero-order valence-corrected chi connectivity index (χ0v) is 15.7. The highest BCUT2D eigenvalue weighted by Gasteiger charge is 2.54. The lowest BCUT2D eigenvalue weighted by molar-refractivity contribution is 0.0106. The largest absolute Gasteiger partial charge is 0.503 e. The number of aromatic nitrogens is 1. The van der Waals surface area contributed by atoms with E-state index in [0.717, 1.165) is 18.9 Å². The van der Waals surface area contributed by atoms with Gasteiger partial charge in [-0.3, -0.25) is 14.4 Å². The highest BCUT2D eigenvalue weighted by atomic mass is 19.1. The molecule has 1 spiro atoms. The van der Waals surface area contributed by atoms with Crippen molar-refractivity contribution in [3.63, 3.8) is 0 Å². The van der Waals surface area contributed by atoms with Gasteiger partial charge >= 0.3 is 0 Å². The van der Waals surface area contributed by atoms with Gasteiger partial charge in [-0.25, -0.2) is 8.78 Å². The number of nitrogens with one attached hydrogen (secondary N) is 1. The molecule has 2 N–H and O–H groups in total. The Morgan fingerprint density at radius 1 is 1.23 bits per heavy atom. The van der Waals surface area contributed by atoms with Crippen molar-refractivity contribution >= 4 is 11.8 Å². The van der Waals surface area contributed by atoms with E-state index in [2.05, 4.69) is 5.32 Å². The van der Waals surface area contributed by atoms with Crippen LogP contribution in [0.1, 0.15) is 39.3 Å². The van der Waals surface area contributed by atoms with Crippen LogP contribution < -0.4 is 10.7 Å². The predicted octanol–water partition coefficient (Wildman–Crippen LogP) is 1.69. The molecule has 4 aliphatic rings. The summed E-state index contributed by atoms with van der Waals surface area (Å²) in [4.78, 5) is 39.7. The lowest BCUT2D eigenvalue weighted by atomic mass is 9.67. The minimum Gasteiger partial charge on any atom is -0.503 e. The molecule has 0 atom stereocenters. The molecule has 0 unspecified atom stereocenters. The van der Waals surface area contributed by atoms with Crippen LogP contribution in [0.2, 0.25) is 0 Å². The second-order valence-corrected chi connectivity index (χ2v) is 7.97. The summed E-state index contributed by atoms with van der Waals surface area (Å²) >= 11 is 0. The van der Waals surface area contributed by atoms with Crippen molar-refractivity contribution in [2.75, 3.05) is 6.54 Å². The van der Waals surface area contributed by atoms with Crippen molar-refractivity contribution in [1.82, 2.24) is 14.8 Å². The smallest absolute Gasteiger partial charge is 0.275 e. The Bertz CT molecular complexity index is 1210. The van der Waals surface area contributed by atoms with E-state index in [4.69, 9.17) is 0 Å². The molecule has 154 valence electrons. The monoisotopic (exact) mass is 413 g/mol. The summed E-state index contributed by atoms with van der Waals surface area (Å²) in [5.41, 5.74) is -0.511. The number of rotatable bonds is 3. The van der Waals surface area contributed by atoms with Gasteiger partial charge in [-0.15, -0.1) is 0 Å². The first-order valence-corrected chi connectivity index (χ1v) is 9.47. The van der Waals surface area contributed by atoms with E-state index in [-0.39, 0.29) is 28.9 Å². The number of carbonyl (C=O) groups is 2. The molecular formula is C21H17F2N3O4. The van der Waals surface area contributed by atoms with Gasteiger partial charge in [0.1, 0.15) is 17.2 Å². The number of amides is 2. The van der Waals surface area contributed by atoms with Gasteiger partial charge in [-0.05, 0) is 18.9 Å². The molecule has 9 heteroatoms. The molecule has 7 nitrogen and oxygen atoms in total. The highest BCUT2D eigenvalue weighted by molar-refractivity contribution is 5.99. The van der Waals surface area contributed by atoms with Gasteiger partial charge in [-0.2, -0.15) is 0 Å². The summed E-state index contributed by atoms with van der Waals surface area (Å²) in [6.07, 6.45) is 4.72. The quantitative estimate of drug-likeness (QED) is 0.750. The van der Waals surface area contributed by atoms with E-state index in [1.54, 1.807) is 4.90 Å². The number of aromatic hydroxyl groups is 1. The van der Waals surface area contributed by atoms with Crippen LogP contribution in [-0.4, -0.2) is 38.5 Å². The van der Waals surface area contributed by atoms with E-state index in [1.165, 1.54) is 22.4 Å². The molecular weight excluding hydrogens is 396 g/mol. The van der Waals surface area contributed by atoms with Gasteiger partial charge in [0, 0.05) is 37.5 Å². The first-order valence-electron chi connectivity index (χ1n) is 9.47. The highest BCUT2D eigenvalue weighted by Crippen LogP contribution is 2.49. The Morgan fingerprint density at radius 2 is 2.00 bits per heavy atom. The van der Waals surface area contributed by atoms with Crippen LogP contribution in [0.5, 0.6) is 5.75 Å². The second-order valence-electron chi connectivity index (χ2n) is 7.97. The molecule has 2 amide bonds. The third-order valence-electron chi connectivity index (χ3n) is 6.12. The summed E-state index contributed by atoms with van der Waals surface area (Å²) in [6.45, 7) is 0.539. The molecule has 1 aliphatic carbocycles. The first-order chi connectivity index (χ1) is 14.3. The van der Waals surface area contributed by atoms with Crippen LogP contribution in [0, 0.1) is 11.6 Å². The molecule has 4 heterocycles. The lowest BCUT2D eigenvalue weighted by Gasteiger charge is -2.57. The Hall–Kier alpha value is -3.49. The zero-order valence-electron chi connectivity index (χ0n) is 15.7. The van der Waals surface area contributed by atoms with Crippen molar-refractivity contribution < 1.29 is 23.5 Å². The second kappa shape index (κ2) is 6.25. The van der Waals surface area contributed by atoms with Gasteiger partial charge in [-0.1, -0.05) is 17.7 Å². The van der Waals surface area contributed by atoms with E-state index >= 15 is 0 Å². The van der Waals surface area contributed by atoms with Crippen molar-refractivity contribution in [2.24, 2.45) is 0 Å². The Kier molecular flexibility index (Phi) is 3.86. The first kappa shape index (κ1) is 18.5. The zero-order chi connectivity index (χ0) is 21.2. The van der Waals surface area contributed by atoms with Crippen molar-refractivity contribution in [1.29, 1.82) is 0 Å². The van der Waals surface area contributed by atoms with Gasteiger partial charge in [0.25, 0.3) is 11.8 Å². The maximum Gasteiger partial charge on any atom is 0.275 e. The van der Waals surface area contributed by atoms with Crippen molar-refractivity contribution in [3.05, 3.63) is 74.7 Å². The van der Waals surface area contributed by atoms with Gasteiger partial charge < -0.3 is 19.9 Å². The SMILES string of the molecule is O=C(NCc1ccc(F)cc1F)c1cn2c(c(O)c1=O)C(=O)N1CC=C3CC1(C3)C2. The Morgan fingerprint density at radius 3 is 2.73 bits per heavy atom. The fourth-order valence-corrected chi connectivity index (χ4v) is 4.58. The molecule has 1 aromatic heterocycles. The predicted molar refractivity (Wildman–Crippen MR) is 101 cm³/mol. The number of halogens is 2.